The van der Waals surface area contributed by atoms with E-state index in [1.54, 1.807) is 6.07 Å². The van der Waals surface area contributed by atoms with E-state index in [1.807, 2.05) is 30.3 Å². The molecule has 0 aliphatic rings. The first kappa shape index (κ1) is 10.8. The summed E-state index contributed by atoms with van der Waals surface area (Å²) in [7, 11) is 0. The summed E-state index contributed by atoms with van der Waals surface area (Å²) in [6.07, 6.45) is 1.08. The highest BCUT2D eigenvalue weighted by atomic mass is 16.3. The SMILES string of the molecule is CCC(C)Nc1cccc2c(O)cccc12. The molecule has 0 amide bonds. The first-order valence-electron chi connectivity index (χ1n) is 5.69. The molecule has 2 aromatic rings. The minimum atomic E-state index is 0.338. The number of phenols is 1. The van der Waals surface area contributed by atoms with Crippen molar-refractivity contribution in [2.75, 3.05) is 5.32 Å². The van der Waals surface area contributed by atoms with Crippen LogP contribution in [0.1, 0.15) is 20.3 Å². The maximum Gasteiger partial charge on any atom is 0.123 e. The van der Waals surface area contributed by atoms with Crippen molar-refractivity contribution < 1.29 is 5.11 Å². The molecule has 2 heteroatoms. The van der Waals surface area contributed by atoms with Crippen molar-refractivity contribution in [3.05, 3.63) is 36.4 Å². The molecule has 0 saturated heterocycles. The summed E-state index contributed by atoms with van der Waals surface area (Å²) in [4.78, 5) is 0. The van der Waals surface area contributed by atoms with Gasteiger partial charge in [0.2, 0.25) is 0 Å². The fourth-order valence-corrected chi connectivity index (χ4v) is 1.79. The lowest BCUT2D eigenvalue weighted by Crippen LogP contribution is -2.13. The maximum absolute atomic E-state index is 9.76. The third kappa shape index (κ3) is 1.96. The highest BCUT2D eigenvalue weighted by Gasteiger charge is 2.05. The first-order chi connectivity index (χ1) is 7.72. The van der Waals surface area contributed by atoms with Crippen molar-refractivity contribution in [3.63, 3.8) is 0 Å². The molecule has 0 aromatic heterocycles. The summed E-state index contributed by atoms with van der Waals surface area (Å²) in [5.74, 6) is 0.338. The summed E-state index contributed by atoms with van der Waals surface area (Å²) < 4.78 is 0. The van der Waals surface area contributed by atoms with Gasteiger partial charge in [-0.3, -0.25) is 0 Å². The zero-order chi connectivity index (χ0) is 11.5. The Bertz CT molecular complexity index is 493. The van der Waals surface area contributed by atoms with Crippen LogP contribution in [0.5, 0.6) is 5.75 Å². The fraction of sp³-hybridized carbons (Fsp3) is 0.286. The average Bonchev–Trinajstić information content (AvgIpc) is 2.30. The quantitative estimate of drug-likeness (QED) is 0.817. The number of hydrogen-bond acceptors (Lipinski definition) is 2. The van der Waals surface area contributed by atoms with Gasteiger partial charge in [0.05, 0.1) is 0 Å². The highest BCUT2D eigenvalue weighted by Crippen LogP contribution is 2.30. The monoisotopic (exact) mass is 215 g/mol. The maximum atomic E-state index is 9.76. The number of aromatic hydroxyl groups is 1. The summed E-state index contributed by atoms with van der Waals surface area (Å²) in [5, 5.41) is 15.2. The third-order valence-electron chi connectivity index (χ3n) is 2.91. The summed E-state index contributed by atoms with van der Waals surface area (Å²) in [6.45, 7) is 4.31. The van der Waals surface area contributed by atoms with Gasteiger partial charge < -0.3 is 10.4 Å². The van der Waals surface area contributed by atoms with Crippen molar-refractivity contribution in [1.29, 1.82) is 0 Å². The minimum Gasteiger partial charge on any atom is -0.507 e. The van der Waals surface area contributed by atoms with E-state index in [9.17, 15) is 5.11 Å². The zero-order valence-electron chi connectivity index (χ0n) is 9.70. The largest absolute Gasteiger partial charge is 0.507 e. The molecule has 0 spiro atoms. The van der Waals surface area contributed by atoms with Gasteiger partial charge in [0.25, 0.3) is 0 Å². The highest BCUT2D eigenvalue weighted by molar-refractivity contribution is 5.97. The Morgan fingerprint density at radius 1 is 1.12 bits per heavy atom. The van der Waals surface area contributed by atoms with Crippen LogP contribution >= 0.6 is 0 Å². The van der Waals surface area contributed by atoms with Gasteiger partial charge in [0.1, 0.15) is 5.75 Å². The number of nitrogens with one attached hydrogen (secondary N) is 1. The van der Waals surface area contributed by atoms with Crippen LogP contribution in [-0.4, -0.2) is 11.1 Å². The number of fused-ring (bicyclic) bond motifs is 1. The van der Waals surface area contributed by atoms with Crippen LogP contribution in [0.4, 0.5) is 5.69 Å². The van der Waals surface area contributed by atoms with Gasteiger partial charge in [0.15, 0.2) is 0 Å². The summed E-state index contributed by atoms with van der Waals surface area (Å²) >= 11 is 0. The molecule has 1 atom stereocenters. The van der Waals surface area contributed by atoms with Gasteiger partial charge in [-0.1, -0.05) is 31.2 Å². The van der Waals surface area contributed by atoms with Crippen LogP contribution in [0.3, 0.4) is 0 Å². The Labute approximate surface area is 95.9 Å². The van der Waals surface area contributed by atoms with Crippen LogP contribution in [0.15, 0.2) is 36.4 Å². The molecular weight excluding hydrogens is 198 g/mol. The molecule has 84 valence electrons. The normalized spacial score (nSPS) is 12.6. The van der Waals surface area contributed by atoms with E-state index < -0.39 is 0 Å². The van der Waals surface area contributed by atoms with E-state index in [4.69, 9.17) is 0 Å². The van der Waals surface area contributed by atoms with Gasteiger partial charge >= 0.3 is 0 Å². The van der Waals surface area contributed by atoms with Crippen molar-refractivity contribution in [3.8, 4) is 5.75 Å². The minimum absolute atomic E-state index is 0.338. The predicted molar refractivity (Wildman–Crippen MR) is 69.0 cm³/mol. The molecule has 2 rings (SSSR count). The molecule has 0 radical (unpaired) electrons. The number of benzene rings is 2. The number of anilines is 1. The van der Waals surface area contributed by atoms with Crippen LogP contribution in [0.25, 0.3) is 10.8 Å². The Kier molecular flexibility index (Phi) is 3.00. The topological polar surface area (TPSA) is 32.3 Å². The molecule has 16 heavy (non-hydrogen) atoms. The fourth-order valence-electron chi connectivity index (χ4n) is 1.79. The van der Waals surface area contributed by atoms with Gasteiger partial charge in [-0.05, 0) is 25.5 Å². The van der Waals surface area contributed by atoms with Crippen molar-refractivity contribution in [2.24, 2.45) is 0 Å². The Morgan fingerprint density at radius 3 is 2.56 bits per heavy atom. The summed E-state index contributed by atoms with van der Waals surface area (Å²) in [5.41, 5.74) is 1.09. The predicted octanol–water partition coefficient (Wildman–Crippen LogP) is 3.76. The molecule has 0 aliphatic carbocycles. The van der Waals surface area contributed by atoms with E-state index >= 15 is 0 Å². The van der Waals surface area contributed by atoms with Crippen LogP contribution in [0, 0.1) is 0 Å². The smallest absolute Gasteiger partial charge is 0.123 e. The Balaban J connectivity index is 2.50. The number of phenolic OH excluding ortho intramolecular Hbond substituents is 1. The second-order valence-corrected chi connectivity index (χ2v) is 4.13. The van der Waals surface area contributed by atoms with Crippen molar-refractivity contribution in [1.82, 2.24) is 0 Å². The van der Waals surface area contributed by atoms with Crippen LogP contribution < -0.4 is 5.32 Å². The molecule has 0 fully saturated rings. The lowest BCUT2D eigenvalue weighted by atomic mass is 10.1. The Morgan fingerprint density at radius 2 is 1.81 bits per heavy atom. The average molecular weight is 215 g/mol. The van der Waals surface area contributed by atoms with Crippen molar-refractivity contribution >= 4 is 16.5 Å². The standard InChI is InChI=1S/C14H17NO/c1-3-10(2)15-13-8-4-7-12-11(13)6-5-9-14(12)16/h4-10,15-16H,3H2,1-2H3. The number of hydrogen-bond donors (Lipinski definition) is 2. The van der Waals surface area contributed by atoms with Gasteiger partial charge in [0, 0.05) is 22.5 Å². The third-order valence-corrected chi connectivity index (χ3v) is 2.91. The molecule has 0 bridgehead atoms. The van der Waals surface area contributed by atoms with E-state index in [1.165, 1.54) is 0 Å². The lowest BCUT2D eigenvalue weighted by Gasteiger charge is -2.15. The first-order valence-corrected chi connectivity index (χ1v) is 5.69. The molecule has 0 heterocycles. The molecule has 2 aromatic carbocycles. The molecule has 0 aliphatic heterocycles. The van der Waals surface area contributed by atoms with E-state index in [0.717, 1.165) is 22.9 Å². The van der Waals surface area contributed by atoms with Gasteiger partial charge in [-0.25, -0.2) is 0 Å². The molecule has 0 saturated carbocycles. The van der Waals surface area contributed by atoms with E-state index in [2.05, 4.69) is 19.2 Å². The molecule has 1 unspecified atom stereocenters. The lowest BCUT2D eigenvalue weighted by molar-refractivity contribution is 0.481. The van der Waals surface area contributed by atoms with Gasteiger partial charge in [-0.15, -0.1) is 0 Å². The molecular formula is C14H17NO. The van der Waals surface area contributed by atoms with Gasteiger partial charge in [-0.2, -0.15) is 0 Å². The van der Waals surface area contributed by atoms with Crippen LogP contribution in [-0.2, 0) is 0 Å². The summed E-state index contributed by atoms with van der Waals surface area (Å²) in [6, 6.07) is 12.0. The zero-order valence-corrected chi connectivity index (χ0v) is 9.70. The second-order valence-electron chi connectivity index (χ2n) is 4.13. The second kappa shape index (κ2) is 4.44. The van der Waals surface area contributed by atoms with E-state index in [-0.39, 0.29) is 0 Å². The van der Waals surface area contributed by atoms with Crippen molar-refractivity contribution in [2.45, 2.75) is 26.3 Å². The number of rotatable bonds is 3. The molecule has 2 nitrogen and oxygen atoms in total. The molecule has 2 N–H and O–H groups in total. The Hall–Kier alpha value is -1.70. The van der Waals surface area contributed by atoms with Crippen LogP contribution in [0.2, 0.25) is 0 Å². The van der Waals surface area contributed by atoms with E-state index in [0.29, 0.717) is 11.8 Å².